The van der Waals surface area contributed by atoms with Gasteiger partial charge in [-0.15, -0.1) is 0 Å². The first kappa shape index (κ1) is 24.1. The lowest BCUT2D eigenvalue weighted by molar-refractivity contribution is 0.0944. The molecule has 32 heavy (non-hydrogen) atoms. The van der Waals surface area contributed by atoms with E-state index in [1.807, 2.05) is 6.07 Å². The van der Waals surface area contributed by atoms with Gasteiger partial charge in [0.05, 0.1) is 7.11 Å². The average Bonchev–Trinajstić information content (AvgIpc) is 3.20. The lowest BCUT2D eigenvalue weighted by Gasteiger charge is -2.18. The molecule has 12 heteroatoms. The molecule has 0 aliphatic heterocycles. The molecule has 3 rings (SSSR count). The minimum Gasteiger partial charge on any atom is -0.493 e. The lowest BCUT2D eigenvalue weighted by Crippen LogP contribution is -2.32. The molecule has 0 spiro atoms. The first-order valence-corrected chi connectivity index (χ1v) is 10.9. The number of hydrogen-bond acceptors (Lipinski definition) is 8. The molecule has 0 saturated carbocycles. The Balaban J connectivity index is 1.63. The van der Waals surface area contributed by atoms with Gasteiger partial charge in [0.15, 0.2) is 11.5 Å². The normalized spacial score (nSPS) is 10.8. The highest BCUT2D eigenvalue weighted by Gasteiger charge is 2.17. The summed E-state index contributed by atoms with van der Waals surface area (Å²) in [5, 5.41) is 13.8. The Morgan fingerprint density at radius 3 is 2.56 bits per heavy atom. The van der Waals surface area contributed by atoms with Crippen molar-refractivity contribution in [3.8, 4) is 11.5 Å². The quantitative estimate of drug-likeness (QED) is 0.329. The number of nitrogens with one attached hydrogen (secondary N) is 2. The van der Waals surface area contributed by atoms with Crippen LogP contribution in [0.2, 0.25) is 10.0 Å². The van der Waals surface area contributed by atoms with Crippen LogP contribution >= 0.6 is 39.1 Å². The number of carbonyl (C=O) groups excluding carboxylic acids is 1. The Hall–Kier alpha value is -2.53. The summed E-state index contributed by atoms with van der Waals surface area (Å²) >= 11 is 16.1. The second-order valence-electron chi connectivity index (χ2n) is 6.48. The molecule has 170 valence electrons. The Labute approximate surface area is 202 Å². The average molecular weight is 545 g/mol. The molecule has 1 heterocycles. The van der Waals surface area contributed by atoms with E-state index in [0.717, 1.165) is 10.0 Å². The zero-order valence-electron chi connectivity index (χ0n) is 17.0. The standard InChI is InChI=1S/C20H20BrCl2N5O4/c1-30-16-6-5-13(21)11(18(16)31-10-12-14(22)3-2-4-15(12)23)9-25-7-8-26-20(29)17-19(24)28-32-27-17/h2-6,25H,7-10H2,1H3,(H2,24,28)(H,26,29). The number of nitrogens with zero attached hydrogens (tertiary/aromatic N) is 2. The Morgan fingerprint density at radius 2 is 1.91 bits per heavy atom. The molecule has 1 aromatic heterocycles. The van der Waals surface area contributed by atoms with Crippen LogP contribution < -0.4 is 25.8 Å². The number of rotatable bonds is 10. The summed E-state index contributed by atoms with van der Waals surface area (Å²) in [6.07, 6.45) is 0. The molecule has 0 atom stereocenters. The van der Waals surface area contributed by atoms with Crippen molar-refractivity contribution in [2.75, 3.05) is 25.9 Å². The first-order chi connectivity index (χ1) is 15.4. The Bertz CT molecular complexity index is 1080. The lowest BCUT2D eigenvalue weighted by atomic mass is 10.1. The van der Waals surface area contributed by atoms with Crippen LogP contribution in [0.5, 0.6) is 11.5 Å². The number of nitrogen functional groups attached to an aromatic ring is 1. The van der Waals surface area contributed by atoms with Crippen molar-refractivity contribution >= 4 is 50.9 Å². The van der Waals surface area contributed by atoms with Crippen molar-refractivity contribution in [1.29, 1.82) is 0 Å². The van der Waals surface area contributed by atoms with Crippen LogP contribution in [0.25, 0.3) is 0 Å². The zero-order valence-corrected chi connectivity index (χ0v) is 20.1. The van der Waals surface area contributed by atoms with E-state index in [1.165, 1.54) is 0 Å². The van der Waals surface area contributed by atoms with Crippen LogP contribution in [0, 0.1) is 0 Å². The monoisotopic (exact) mass is 543 g/mol. The van der Waals surface area contributed by atoms with Gasteiger partial charge >= 0.3 is 0 Å². The molecule has 3 aromatic rings. The van der Waals surface area contributed by atoms with Crippen molar-refractivity contribution in [1.82, 2.24) is 20.9 Å². The molecule has 0 aliphatic carbocycles. The van der Waals surface area contributed by atoms with Gasteiger partial charge < -0.3 is 25.8 Å². The van der Waals surface area contributed by atoms with Gasteiger partial charge in [0.1, 0.15) is 6.61 Å². The number of anilines is 1. The number of halogens is 3. The van der Waals surface area contributed by atoms with Crippen molar-refractivity contribution in [2.45, 2.75) is 13.2 Å². The van der Waals surface area contributed by atoms with Gasteiger partial charge in [-0.25, -0.2) is 4.63 Å². The van der Waals surface area contributed by atoms with E-state index in [2.05, 4.69) is 41.5 Å². The van der Waals surface area contributed by atoms with E-state index in [0.29, 0.717) is 46.7 Å². The molecule has 0 fully saturated rings. The Morgan fingerprint density at radius 1 is 1.16 bits per heavy atom. The highest BCUT2D eigenvalue weighted by molar-refractivity contribution is 9.10. The molecule has 0 bridgehead atoms. The molecular formula is C20H20BrCl2N5O4. The number of carbonyl (C=O) groups is 1. The van der Waals surface area contributed by atoms with E-state index in [9.17, 15) is 4.79 Å². The number of methoxy groups -OCH3 is 1. The molecule has 0 saturated heterocycles. The fourth-order valence-corrected chi connectivity index (χ4v) is 3.75. The maximum Gasteiger partial charge on any atom is 0.277 e. The third-order valence-corrected chi connectivity index (χ3v) is 5.88. The Kier molecular flexibility index (Phi) is 8.57. The van der Waals surface area contributed by atoms with Crippen molar-refractivity contribution in [2.24, 2.45) is 0 Å². The van der Waals surface area contributed by atoms with Crippen molar-refractivity contribution < 1.29 is 18.9 Å². The minimum atomic E-state index is -0.464. The summed E-state index contributed by atoms with van der Waals surface area (Å²) in [6, 6.07) is 8.95. The minimum absolute atomic E-state index is 0.0468. The van der Waals surface area contributed by atoms with Crippen LogP contribution in [0.1, 0.15) is 21.6 Å². The summed E-state index contributed by atoms with van der Waals surface area (Å²) < 4.78 is 16.8. The number of benzene rings is 2. The van der Waals surface area contributed by atoms with Crippen LogP contribution in [-0.2, 0) is 13.2 Å². The van der Waals surface area contributed by atoms with E-state index >= 15 is 0 Å². The van der Waals surface area contributed by atoms with Gasteiger partial charge in [0.2, 0.25) is 11.5 Å². The molecule has 9 nitrogen and oxygen atoms in total. The summed E-state index contributed by atoms with van der Waals surface area (Å²) in [5.74, 6) is 0.594. The fraction of sp³-hybridized carbons (Fsp3) is 0.250. The van der Waals surface area contributed by atoms with Gasteiger partial charge in [-0.1, -0.05) is 45.2 Å². The number of amides is 1. The van der Waals surface area contributed by atoms with Crippen molar-refractivity contribution in [3.05, 3.63) is 61.7 Å². The zero-order chi connectivity index (χ0) is 23.1. The molecule has 2 aromatic carbocycles. The molecule has 4 N–H and O–H groups in total. The van der Waals surface area contributed by atoms with Crippen LogP contribution in [-0.4, -0.2) is 36.4 Å². The second-order valence-corrected chi connectivity index (χ2v) is 8.15. The number of nitrogens with two attached hydrogens (primary N) is 1. The van der Waals surface area contributed by atoms with E-state index in [1.54, 1.807) is 31.4 Å². The van der Waals surface area contributed by atoms with Gasteiger partial charge in [-0.3, -0.25) is 4.79 Å². The maximum absolute atomic E-state index is 12.0. The summed E-state index contributed by atoms with van der Waals surface area (Å²) in [4.78, 5) is 12.0. The highest BCUT2D eigenvalue weighted by atomic mass is 79.9. The fourth-order valence-electron chi connectivity index (χ4n) is 2.80. The van der Waals surface area contributed by atoms with Gasteiger partial charge in [0.25, 0.3) is 5.91 Å². The number of ether oxygens (including phenoxy) is 2. The van der Waals surface area contributed by atoms with Crippen molar-refractivity contribution in [3.63, 3.8) is 0 Å². The predicted molar refractivity (Wildman–Crippen MR) is 124 cm³/mol. The SMILES string of the molecule is COc1ccc(Br)c(CNCCNC(=O)c2nonc2N)c1OCc1c(Cl)cccc1Cl. The third-order valence-electron chi connectivity index (χ3n) is 4.43. The van der Waals surface area contributed by atoms with E-state index in [-0.39, 0.29) is 18.1 Å². The summed E-state index contributed by atoms with van der Waals surface area (Å²) in [6.45, 7) is 1.41. The number of hydrogen-bond donors (Lipinski definition) is 3. The van der Waals surface area contributed by atoms with Gasteiger partial charge in [-0.2, -0.15) is 0 Å². The maximum atomic E-state index is 12.0. The highest BCUT2D eigenvalue weighted by Crippen LogP contribution is 2.37. The molecule has 1 amide bonds. The largest absolute Gasteiger partial charge is 0.493 e. The second kappa shape index (κ2) is 11.4. The smallest absolute Gasteiger partial charge is 0.277 e. The predicted octanol–water partition coefficient (Wildman–Crippen LogP) is 3.83. The molecule has 0 aliphatic rings. The van der Waals surface area contributed by atoms with Gasteiger partial charge in [0, 0.05) is 45.3 Å². The van der Waals surface area contributed by atoms with Crippen LogP contribution in [0.3, 0.4) is 0 Å². The third kappa shape index (κ3) is 5.83. The summed E-state index contributed by atoms with van der Waals surface area (Å²) in [7, 11) is 1.57. The first-order valence-electron chi connectivity index (χ1n) is 9.40. The molecule has 0 unspecified atom stereocenters. The van der Waals surface area contributed by atoms with E-state index in [4.69, 9.17) is 38.4 Å². The summed E-state index contributed by atoms with van der Waals surface area (Å²) in [5.41, 5.74) is 6.98. The van der Waals surface area contributed by atoms with Crippen LogP contribution in [0.15, 0.2) is 39.4 Å². The van der Waals surface area contributed by atoms with Crippen LogP contribution in [0.4, 0.5) is 5.82 Å². The van der Waals surface area contributed by atoms with Gasteiger partial charge in [-0.05, 0) is 34.6 Å². The topological polar surface area (TPSA) is 125 Å². The number of aromatic nitrogens is 2. The molecule has 0 radical (unpaired) electrons. The van der Waals surface area contributed by atoms with E-state index < -0.39 is 5.91 Å². The molecular weight excluding hydrogens is 525 g/mol.